The number of ether oxygens (including phenoxy) is 1. The van der Waals surface area contributed by atoms with Crippen LogP contribution in [0.3, 0.4) is 0 Å². The van der Waals surface area contributed by atoms with Gasteiger partial charge in [-0.2, -0.15) is 0 Å². The van der Waals surface area contributed by atoms with Crippen LogP contribution in [-0.4, -0.2) is 17.8 Å². The van der Waals surface area contributed by atoms with Gasteiger partial charge in [-0.3, -0.25) is 0 Å². The summed E-state index contributed by atoms with van der Waals surface area (Å²) in [7, 11) is 1.60. The fourth-order valence-electron chi connectivity index (χ4n) is 2.33. The van der Waals surface area contributed by atoms with Crippen LogP contribution >= 0.6 is 11.6 Å². The largest absolute Gasteiger partial charge is 0.497 e. The Morgan fingerprint density at radius 2 is 1.81 bits per heavy atom. The second kappa shape index (κ2) is 6.46. The summed E-state index contributed by atoms with van der Waals surface area (Å²) in [6.07, 6.45) is 0.562. The van der Waals surface area contributed by atoms with E-state index in [1.165, 1.54) is 6.07 Å². The van der Waals surface area contributed by atoms with Crippen LogP contribution in [0.1, 0.15) is 18.1 Å². The lowest BCUT2D eigenvalue weighted by atomic mass is 9.89. The topological polar surface area (TPSA) is 29.5 Å². The molecule has 0 heterocycles. The van der Waals surface area contributed by atoms with Gasteiger partial charge in [0.2, 0.25) is 0 Å². The quantitative estimate of drug-likeness (QED) is 0.904. The summed E-state index contributed by atoms with van der Waals surface area (Å²) in [6, 6.07) is 12.0. The van der Waals surface area contributed by atoms with Crippen LogP contribution in [0.5, 0.6) is 5.75 Å². The molecule has 0 saturated carbocycles. The minimum atomic E-state index is -1.08. The van der Waals surface area contributed by atoms with Crippen LogP contribution in [0.15, 0.2) is 42.5 Å². The Morgan fingerprint density at radius 3 is 2.38 bits per heavy atom. The molecule has 0 aliphatic carbocycles. The Morgan fingerprint density at radius 1 is 1.14 bits per heavy atom. The van der Waals surface area contributed by atoms with E-state index in [4.69, 9.17) is 16.3 Å². The highest BCUT2D eigenvalue weighted by molar-refractivity contribution is 6.31. The van der Waals surface area contributed by atoms with E-state index in [9.17, 15) is 9.50 Å². The van der Waals surface area contributed by atoms with Gasteiger partial charge in [-0.1, -0.05) is 29.8 Å². The molecule has 0 spiro atoms. The normalized spacial score (nSPS) is 13.8. The van der Waals surface area contributed by atoms with Crippen LogP contribution in [0.4, 0.5) is 4.39 Å². The Bertz CT molecular complexity index is 588. The predicted molar refractivity (Wildman–Crippen MR) is 82.4 cm³/mol. The van der Waals surface area contributed by atoms with Crippen molar-refractivity contribution < 1.29 is 14.2 Å². The van der Waals surface area contributed by atoms with E-state index in [0.29, 0.717) is 17.0 Å². The van der Waals surface area contributed by atoms with Crippen LogP contribution in [0.25, 0.3) is 0 Å². The van der Waals surface area contributed by atoms with E-state index >= 15 is 0 Å². The Balaban J connectivity index is 2.14. The smallest absolute Gasteiger partial charge is 0.127 e. The van der Waals surface area contributed by atoms with Gasteiger partial charge < -0.3 is 9.84 Å². The standard InChI is InChI=1S/C17H18ClFO2/c1-17(20,10-12-6-8-13(21-2)9-7-12)11-14-15(18)4-3-5-16(14)19/h3-9,20H,10-11H2,1-2H3. The molecule has 1 N–H and O–H groups in total. The molecule has 2 nitrogen and oxygen atoms in total. The Hall–Kier alpha value is -1.58. The molecule has 0 fully saturated rings. The van der Waals surface area contributed by atoms with Crippen molar-refractivity contribution in [2.75, 3.05) is 7.11 Å². The molecule has 0 bridgehead atoms. The van der Waals surface area contributed by atoms with Crippen molar-refractivity contribution in [3.05, 3.63) is 64.4 Å². The van der Waals surface area contributed by atoms with Gasteiger partial charge in [0.15, 0.2) is 0 Å². The summed E-state index contributed by atoms with van der Waals surface area (Å²) < 4.78 is 18.9. The maximum absolute atomic E-state index is 13.8. The van der Waals surface area contributed by atoms with Gasteiger partial charge in [0.1, 0.15) is 11.6 Å². The minimum Gasteiger partial charge on any atom is -0.497 e. The number of benzene rings is 2. The molecule has 112 valence electrons. The van der Waals surface area contributed by atoms with Crippen molar-refractivity contribution >= 4 is 11.6 Å². The molecule has 0 aromatic heterocycles. The summed E-state index contributed by atoms with van der Waals surface area (Å²) in [5.41, 5.74) is 0.214. The zero-order chi connectivity index (χ0) is 15.5. The zero-order valence-corrected chi connectivity index (χ0v) is 12.8. The van der Waals surface area contributed by atoms with Gasteiger partial charge in [0.25, 0.3) is 0 Å². The molecule has 0 radical (unpaired) electrons. The van der Waals surface area contributed by atoms with Gasteiger partial charge in [-0.15, -0.1) is 0 Å². The summed E-state index contributed by atoms with van der Waals surface area (Å²) >= 11 is 6.01. The second-order valence-corrected chi connectivity index (χ2v) is 5.81. The van der Waals surface area contributed by atoms with Crippen molar-refractivity contribution in [1.29, 1.82) is 0 Å². The van der Waals surface area contributed by atoms with Crippen molar-refractivity contribution in [3.63, 3.8) is 0 Å². The summed E-state index contributed by atoms with van der Waals surface area (Å²) in [5.74, 6) is 0.369. The fraction of sp³-hybridized carbons (Fsp3) is 0.294. The zero-order valence-electron chi connectivity index (χ0n) is 12.1. The van der Waals surface area contributed by atoms with Crippen LogP contribution < -0.4 is 4.74 Å². The van der Waals surface area contributed by atoms with E-state index in [1.54, 1.807) is 26.2 Å². The molecule has 0 saturated heterocycles. The monoisotopic (exact) mass is 308 g/mol. The average Bonchev–Trinajstić information content (AvgIpc) is 2.43. The molecule has 0 aliphatic heterocycles. The first-order chi connectivity index (χ1) is 9.91. The molecule has 0 aliphatic rings. The third kappa shape index (κ3) is 4.19. The Kier molecular flexibility index (Phi) is 4.86. The minimum absolute atomic E-state index is 0.157. The molecule has 21 heavy (non-hydrogen) atoms. The van der Waals surface area contributed by atoms with Crippen molar-refractivity contribution in [2.24, 2.45) is 0 Å². The molecular weight excluding hydrogens is 291 g/mol. The van der Waals surface area contributed by atoms with Gasteiger partial charge in [-0.05, 0) is 36.8 Å². The highest BCUT2D eigenvalue weighted by Crippen LogP contribution is 2.26. The fourth-order valence-corrected chi connectivity index (χ4v) is 2.56. The van der Waals surface area contributed by atoms with E-state index in [-0.39, 0.29) is 6.42 Å². The predicted octanol–water partition coefficient (Wildman–Crippen LogP) is 4.02. The van der Waals surface area contributed by atoms with Crippen LogP contribution in [0.2, 0.25) is 5.02 Å². The number of hydrogen-bond donors (Lipinski definition) is 1. The molecule has 1 unspecified atom stereocenters. The highest BCUT2D eigenvalue weighted by atomic mass is 35.5. The third-order valence-electron chi connectivity index (χ3n) is 3.36. The van der Waals surface area contributed by atoms with Crippen LogP contribution in [-0.2, 0) is 12.8 Å². The van der Waals surface area contributed by atoms with Gasteiger partial charge >= 0.3 is 0 Å². The van der Waals surface area contributed by atoms with Crippen LogP contribution in [0, 0.1) is 5.82 Å². The maximum Gasteiger partial charge on any atom is 0.127 e. The summed E-state index contributed by atoms with van der Waals surface area (Å²) in [5, 5.41) is 10.9. The second-order valence-electron chi connectivity index (χ2n) is 5.40. The summed E-state index contributed by atoms with van der Waals surface area (Å²) in [6.45, 7) is 1.68. The number of halogens is 2. The average molecular weight is 309 g/mol. The van der Waals surface area contributed by atoms with Crippen molar-refractivity contribution in [3.8, 4) is 5.75 Å². The molecule has 2 rings (SSSR count). The highest BCUT2D eigenvalue weighted by Gasteiger charge is 2.24. The Labute approximate surface area is 129 Å². The van der Waals surface area contributed by atoms with E-state index < -0.39 is 11.4 Å². The lowest BCUT2D eigenvalue weighted by Crippen LogP contribution is -2.30. The molecule has 0 amide bonds. The van der Waals surface area contributed by atoms with Crippen molar-refractivity contribution in [1.82, 2.24) is 0 Å². The van der Waals surface area contributed by atoms with Gasteiger partial charge in [-0.25, -0.2) is 4.39 Å². The molecule has 2 aromatic carbocycles. The van der Waals surface area contributed by atoms with Gasteiger partial charge in [0, 0.05) is 23.4 Å². The number of methoxy groups -OCH3 is 1. The van der Waals surface area contributed by atoms with Gasteiger partial charge in [0.05, 0.1) is 12.7 Å². The number of rotatable bonds is 5. The maximum atomic E-state index is 13.8. The van der Waals surface area contributed by atoms with Crippen molar-refractivity contribution in [2.45, 2.75) is 25.4 Å². The SMILES string of the molecule is COc1ccc(CC(C)(O)Cc2c(F)cccc2Cl)cc1. The molecular formula is C17H18ClFO2. The first-order valence-electron chi connectivity index (χ1n) is 6.69. The lowest BCUT2D eigenvalue weighted by Gasteiger charge is -2.24. The molecule has 1 atom stereocenters. The lowest BCUT2D eigenvalue weighted by molar-refractivity contribution is 0.0599. The third-order valence-corrected chi connectivity index (χ3v) is 3.72. The van der Waals surface area contributed by atoms with E-state index in [0.717, 1.165) is 11.3 Å². The summed E-state index contributed by atoms with van der Waals surface area (Å²) in [4.78, 5) is 0. The van der Waals surface area contributed by atoms with E-state index in [1.807, 2.05) is 24.3 Å². The number of hydrogen-bond acceptors (Lipinski definition) is 2. The molecule has 2 aromatic rings. The van der Waals surface area contributed by atoms with E-state index in [2.05, 4.69) is 0 Å². The molecule has 4 heteroatoms. The first kappa shape index (κ1) is 15.8. The number of aliphatic hydroxyl groups is 1. The first-order valence-corrected chi connectivity index (χ1v) is 7.07.